The average Bonchev–Trinajstić information content (AvgIpc) is 3.64. The van der Waals surface area contributed by atoms with Crippen molar-refractivity contribution in [3.63, 3.8) is 0 Å². The Bertz CT molecular complexity index is 1210. The van der Waals surface area contributed by atoms with Crippen LogP contribution in [0.4, 0.5) is 0 Å². The van der Waals surface area contributed by atoms with Crippen molar-refractivity contribution in [1.82, 2.24) is 24.8 Å². The molecule has 2 aromatic rings. The molecule has 37 heavy (non-hydrogen) atoms. The molecule has 2 amide bonds. The number of aliphatic hydroxyl groups excluding tert-OH is 1. The summed E-state index contributed by atoms with van der Waals surface area (Å²) in [6.45, 7) is 7.56. The van der Waals surface area contributed by atoms with Gasteiger partial charge >= 0.3 is 5.97 Å². The second-order valence-corrected chi connectivity index (χ2v) is 9.87. The molecule has 11 nitrogen and oxygen atoms in total. The minimum Gasteiger partial charge on any atom is -0.466 e. The van der Waals surface area contributed by atoms with E-state index in [-0.39, 0.29) is 38.2 Å². The maximum absolute atomic E-state index is 14.4. The third kappa shape index (κ3) is 3.83. The number of fused-ring (bicyclic) bond motifs is 2. The van der Waals surface area contributed by atoms with Crippen LogP contribution in [0.2, 0.25) is 0 Å². The number of carbonyl (C=O) groups is 3. The van der Waals surface area contributed by atoms with Gasteiger partial charge in [-0.3, -0.25) is 14.4 Å². The van der Waals surface area contributed by atoms with Gasteiger partial charge in [0.25, 0.3) is 0 Å². The number of benzene rings is 1. The number of para-hydroxylation sites is 1. The molecule has 3 aliphatic rings. The van der Waals surface area contributed by atoms with Gasteiger partial charge in [-0.25, -0.2) is 4.68 Å². The number of ether oxygens (including phenoxy) is 2. The number of hydrogen-bond acceptors (Lipinski definition) is 8. The van der Waals surface area contributed by atoms with Gasteiger partial charge in [0.2, 0.25) is 11.8 Å². The van der Waals surface area contributed by atoms with E-state index in [9.17, 15) is 19.5 Å². The molecule has 5 rings (SSSR count). The number of esters is 1. The Kier molecular flexibility index (Phi) is 6.76. The molecule has 3 fully saturated rings. The molecule has 3 saturated heterocycles. The molecule has 11 heteroatoms. The van der Waals surface area contributed by atoms with Crippen molar-refractivity contribution >= 4 is 28.8 Å². The molecule has 3 aliphatic heterocycles. The summed E-state index contributed by atoms with van der Waals surface area (Å²) in [7, 11) is 0. The number of rotatable bonds is 10. The average molecular weight is 512 g/mol. The third-order valence-electron chi connectivity index (χ3n) is 7.99. The first-order valence-electron chi connectivity index (χ1n) is 12.9. The lowest BCUT2D eigenvalue weighted by atomic mass is 9.70. The number of hydrogen-bond donors (Lipinski definition) is 1. The first-order valence-corrected chi connectivity index (χ1v) is 12.9. The van der Waals surface area contributed by atoms with Crippen LogP contribution >= 0.6 is 0 Å². The fourth-order valence-corrected chi connectivity index (χ4v) is 6.41. The van der Waals surface area contributed by atoms with Gasteiger partial charge in [-0.15, -0.1) is 11.7 Å². The summed E-state index contributed by atoms with van der Waals surface area (Å²) in [5.41, 5.74) is 0.302. The molecule has 1 spiro atoms. The highest BCUT2D eigenvalue weighted by Crippen LogP contribution is 2.59. The Morgan fingerprint density at radius 2 is 2.16 bits per heavy atom. The van der Waals surface area contributed by atoms with Crippen molar-refractivity contribution in [3.8, 4) is 0 Å². The molecular formula is C26H33N5O6. The van der Waals surface area contributed by atoms with Crippen molar-refractivity contribution in [3.05, 3.63) is 36.9 Å². The molecule has 2 unspecified atom stereocenters. The molecule has 0 saturated carbocycles. The highest BCUT2D eigenvalue weighted by molar-refractivity contribution is 5.98. The zero-order valence-electron chi connectivity index (χ0n) is 21.2. The van der Waals surface area contributed by atoms with Gasteiger partial charge in [-0.05, 0) is 38.3 Å². The van der Waals surface area contributed by atoms with Crippen LogP contribution in [0, 0.1) is 11.8 Å². The molecule has 6 atom stereocenters. The van der Waals surface area contributed by atoms with E-state index < -0.39 is 41.6 Å². The third-order valence-corrected chi connectivity index (χ3v) is 7.99. The quantitative estimate of drug-likeness (QED) is 0.371. The van der Waals surface area contributed by atoms with Crippen molar-refractivity contribution in [2.75, 3.05) is 19.8 Å². The summed E-state index contributed by atoms with van der Waals surface area (Å²) in [4.78, 5) is 44.3. The lowest BCUT2D eigenvalue weighted by Gasteiger charge is -2.39. The highest BCUT2D eigenvalue weighted by Gasteiger charge is 2.75. The zero-order valence-corrected chi connectivity index (χ0v) is 21.2. The fourth-order valence-electron chi connectivity index (χ4n) is 6.41. The van der Waals surface area contributed by atoms with E-state index >= 15 is 0 Å². The number of amides is 2. The summed E-state index contributed by atoms with van der Waals surface area (Å²) in [5.74, 6) is -2.77. The minimum absolute atomic E-state index is 0.0886. The Morgan fingerprint density at radius 1 is 1.38 bits per heavy atom. The monoisotopic (exact) mass is 511 g/mol. The SMILES string of the molecule is C=CCN(Cn1nnc2ccccc21)C(=O)C1N([C@@H](CC)CO)C(=O)[C@@H]2[C@H](C(=O)OCC)[C@@H]3CCC12O3. The second-order valence-electron chi connectivity index (χ2n) is 9.87. The first-order chi connectivity index (χ1) is 17.9. The Labute approximate surface area is 215 Å². The van der Waals surface area contributed by atoms with E-state index in [4.69, 9.17) is 9.47 Å². The van der Waals surface area contributed by atoms with Crippen LogP contribution in [0.1, 0.15) is 33.1 Å². The standard InChI is InChI=1S/C26H33N5O6/c1-4-13-29(15-30-18-10-8-7-9-17(18)27-28-30)24(34)22-26-12-11-19(37-26)20(25(35)36-6-3)21(26)23(33)31(22)16(5-2)14-32/h4,7-10,16,19-22,32H,1,5-6,11-15H2,2-3H3/t16-,19-,20+,21-,22?,26?/m0/s1. The molecule has 4 heterocycles. The lowest BCUT2D eigenvalue weighted by Crippen LogP contribution is -2.58. The van der Waals surface area contributed by atoms with Crippen LogP contribution in [-0.2, 0) is 30.5 Å². The van der Waals surface area contributed by atoms with Crippen LogP contribution < -0.4 is 0 Å². The second kappa shape index (κ2) is 9.86. The van der Waals surface area contributed by atoms with E-state index in [1.54, 1.807) is 22.6 Å². The summed E-state index contributed by atoms with van der Waals surface area (Å²) in [6.07, 6.45) is 2.59. The smallest absolute Gasteiger partial charge is 0.312 e. The van der Waals surface area contributed by atoms with E-state index in [0.717, 1.165) is 5.52 Å². The van der Waals surface area contributed by atoms with Crippen LogP contribution in [0.5, 0.6) is 0 Å². The molecule has 0 aliphatic carbocycles. The Balaban J connectivity index is 1.55. The number of carbonyl (C=O) groups excluding carboxylic acids is 3. The van der Waals surface area contributed by atoms with Crippen LogP contribution in [-0.4, -0.2) is 91.2 Å². The van der Waals surface area contributed by atoms with E-state index in [1.165, 1.54) is 4.90 Å². The first kappa shape index (κ1) is 25.3. The highest BCUT2D eigenvalue weighted by atomic mass is 16.6. The van der Waals surface area contributed by atoms with Crippen LogP contribution in [0.15, 0.2) is 36.9 Å². The maximum Gasteiger partial charge on any atom is 0.312 e. The minimum atomic E-state index is -1.16. The van der Waals surface area contributed by atoms with Crippen molar-refractivity contribution < 1.29 is 29.0 Å². The normalized spacial score (nSPS) is 28.9. The topological polar surface area (TPSA) is 127 Å². The van der Waals surface area contributed by atoms with Gasteiger partial charge < -0.3 is 24.4 Å². The molecular weight excluding hydrogens is 478 g/mol. The molecule has 1 aromatic heterocycles. The number of nitrogens with zero attached hydrogens (tertiary/aromatic N) is 5. The lowest BCUT2D eigenvalue weighted by molar-refractivity contribution is -0.156. The van der Waals surface area contributed by atoms with Gasteiger partial charge in [-0.1, -0.05) is 30.3 Å². The fraction of sp³-hybridized carbons (Fsp3) is 0.577. The van der Waals surface area contributed by atoms with E-state index in [1.807, 2.05) is 31.2 Å². The van der Waals surface area contributed by atoms with E-state index in [0.29, 0.717) is 24.8 Å². The number of aliphatic hydroxyl groups is 1. The number of aromatic nitrogens is 3. The summed E-state index contributed by atoms with van der Waals surface area (Å²) in [5, 5.41) is 18.6. The Morgan fingerprint density at radius 3 is 2.86 bits per heavy atom. The van der Waals surface area contributed by atoms with E-state index in [2.05, 4.69) is 16.9 Å². The van der Waals surface area contributed by atoms with Crippen molar-refractivity contribution in [2.45, 2.75) is 63.6 Å². The van der Waals surface area contributed by atoms with Gasteiger partial charge in [0.05, 0.1) is 42.7 Å². The molecule has 1 N–H and O–H groups in total. The molecule has 0 radical (unpaired) electrons. The van der Waals surface area contributed by atoms with Gasteiger partial charge in [-0.2, -0.15) is 0 Å². The maximum atomic E-state index is 14.4. The van der Waals surface area contributed by atoms with Gasteiger partial charge in [0, 0.05) is 6.54 Å². The van der Waals surface area contributed by atoms with Crippen LogP contribution in [0.3, 0.4) is 0 Å². The predicted molar refractivity (Wildman–Crippen MR) is 132 cm³/mol. The van der Waals surface area contributed by atoms with Crippen LogP contribution in [0.25, 0.3) is 11.0 Å². The van der Waals surface area contributed by atoms with Gasteiger partial charge in [0.15, 0.2) is 0 Å². The number of likely N-dealkylation sites (tertiary alicyclic amines) is 1. The zero-order chi connectivity index (χ0) is 26.3. The molecule has 1 aromatic carbocycles. The summed E-state index contributed by atoms with van der Waals surface area (Å²) in [6, 6.07) is 5.86. The summed E-state index contributed by atoms with van der Waals surface area (Å²) < 4.78 is 13.4. The predicted octanol–water partition coefficient (Wildman–Crippen LogP) is 1.11. The molecule has 198 valence electrons. The van der Waals surface area contributed by atoms with Gasteiger partial charge in [0.1, 0.15) is 23.8 Å². The van der Waals surface area contributed by atoms with Crippen molar-refractivity contribution in [1.29, 1.82) is 0 Å². The van der Waals surface area contributed by atoms with Crippen molar-refractivity contribution in [2.24, 2.45) is 11.8 Å². The largest absolute Gasteiger partial charge is 0.466 e. The molecule has 2 bridgehead atoms. The summed E-state index contributed by atoms with van der Waals surface area (Å²) >= 11 is 0. The Hall–Kier alpha value is -3.31.